The number of nitrogens with one attached hydrogen (secondary N) is 1. The molecule has 0 aliphatic heterocycles. The monoisotopic (exact) mass is 341 g/mol. The van der Waals surface area contributed by atoms with Crippen LogP contribution < -0.4 is 5.32 Å². The van der Waals surface area contributed by atoms with Gasteiger partial charge in [0.25, 0.3) is 0 Å². The molecule has 3 atom stereocenters. The zero-order valence-electron chi connectivity index (χ0n) is 14.9. The van der Waals surface area contributed by atoms with Crippen LogP contribution in [0, 0.1) is 5.92 Å². The summed E-state index contributed by atoms with van der Waals surface area (Å²) in [5, 5.41) is 3.22. The molecule has 3 aromatic rings. The summed E-state index contributed by atoms with van der Waals surface area (Å²) in [6, 6.07) is 30.9. The first-order valence-corrected chi connectivity index (χ1v) is 9.21. The summed E-state index contributed by atoms with van der Waals surface area (Å²) in [6.07, 6.45) is 0. The van der Waals surface area contributed by atoms with Gasteiger partial charge in [-0.2, -0.15) is 0 Å². The molecule has 0 bridgehead atoms. The third-order valence-corrected chi connectivity index (χ3v) is 5.35. The third-order valence-electron chi connectivity index (χ3n) is 5.35. The van der Waals surface area contributed by atoms with E-state index in [1.807, 2.05) is 37.3 Å². The molecule has 1 fully saturated rings. The van der Waals surface area contributed by atoms with E-state index >= 15 is 0 Å². The van der Waals surface area contributed by atoms with Gasteiger partial charge in [-0.3, -0.25) is 4.79 Å². The zero-order valence-corrected chi connectivity index (χ0v) is 14.9. The van der Waals surface area contributed by atoms with Crippen LogP contribution in [-0.2, 0) is 4.79 Å². The minimum Gasteiger partial charge on any atom is -0.349 e. The van der Waals surface area contributed by atoms with Gasteiger partial charge < -0.3 is 5.32 Å². The molecule has 0 unspecified atom stereocenters. The second-order valence-corrected chi connectivity index (χ2v) is 7.04. The standard InChI is InChI=1S/C24H23NO/c1-17(18-11-5-2-6-12-18)25-24(26)23-21(19-13-7-3-8-14-19)22(23)20-15-9-4-10-16-20/h2-17,21-23H,1H3,(H,25,26)/t17-,21+,22+/m1/s1. The van der Waals surface area contributed by atoms with Crippen LogP contribution in [0.25, 0.3) is 0 Å². The minimum absolute atomic E-state index is 0.00837. The topological polar surface area (TPSA) is 29.1 Å². The highest BCUT2D eigenvalue weighted by Gasteiger charge is 2.56. The summed E-state index contributed by atoms with van der Waals surface area (Å²) >= 11 is 0. The third kappa shape index (κ3) is 3.28. The van der Waals surface area contributed by atoms with Gasteiger partial charge in [0.1, 0.15) is 0 Å². The Balaban J connectivity index is 1.56. The molecular formula is C24H23NO. The number of carbonyl (C=O) groups is 1. The molecule has 0 radical (unpaired) electrons. The first kappa shape index (κ1) is 16.6. The van der Waals surface area contributed by atoms with E-state index in [2.05, 4.69) is 66.0 Å². The van der Waals surface area contributed by atoms with E-state index in [0.29, 0.717) is 0 Å². The van der Waals surface area contributed by atoms with Gasteiger partial charge in [0.2, 0.25) is 5.91 Å². The van der Waals surface area contributed by atoms with Gasteiger partial charge in [0.05, 0.1) is 12.0 Å². The first-order chi connectivity index (χ1) is 12.8. The van der Waals surface area contributed by atoms with Gasteiger partial charge in [-0.25, -0.2) is 0 Å². The van der Waals surface area contributed by atoms with E-state index in [1.54, 1.807) is 0 Å². The summed E-state index contributed by atoms with van der Waals surface area (Å²) in [5.74, 6) is 0.637. The highest BCUT2D eigenvalue weighted by molar-refractivity contribution is 5.85. The number of amides is 1. The summed E-state index contributed by atoms with van der Waals surface area (Å²) < 4.78 is 0. The van der Waals surface area contributed by atoms with E-state index in [1.165, 1.54) is 11.1 Å². The lowest BCUT2D eigenvalue weighted by molar-refractivity contribution is -0.123. The molecule has 0 aromatic heterocycles. The lowest BCUT2D eigenvalue weighted by atomic mass is 10.0. The molecule has 1 N–H and O–H groups in total. The van der Waals surface area contributed by atoms with Crippen LogP contribution in [0.3, 0.4) is 0 Å². The largest absolute Gasteiger partial charge is 0.349 e. The Kier molecular flexibility index (Phi) is 4.57. The minimum atomic E-state index is -0.00837. The van der Waals surface area contributed by atoms with Crippen molar-refractivity contribution in [3.8, 4) is 0 Å². The van der Waals surface area contributed by atoms with Gasteiger partial charge >= 0.3 is 0 Å². The molecular weight excluding hydrogens is 318 g/mol. The van der Waals surface area contributed by atoms with E-state index in [4.69, 9.17) is 0 Å². The Labute approximate surface area is 154 Å². The highest BCUT2D eigenvalue weighted by Crippen LogP contribution is 2.60. The molecule has 1 amide bonds. The van der Waals surface area contributed by atoms with Gasteiger partial charge in [0, 0.05) is 11.8 Å². The van der Waals surface area contributed by atoms with Crippen LogP contribution in [-0.4, -0.2) is 5.91 Å². The number of hydrogen-bond acceptors (Lipinski definition) is 1. The lowest BCUT2D eigenvalue weighted by Gasteiger charge is -2.14. The quantitative estimate of drug-likeness (QED) is 0.690. The molecule has 130 valence electrons. The second-order valence-electron chi connectivity index (χ2n) is 7.04. The Hall–Kier alpha value is -2.87. The van der Waals surface area contributed by atoms with Crippen LogP contribution in [0.4, 0.5) is 0 Å². The van der Waals surface area contributed by atoms with Crippen molar-refractivity contribution in [2.75, 3.05) is 0 Å². The average molecular weight is 341 g/mol. The van der Waals surface area contributed by atoms with Crippen molar-refractivity contribution < 1.29 is 4.79 Å². The molecule has 4 rings (SSSR count). The van der Waals surface area contributed by atoms with Crippen LogP contribution in [0.15, 0.2) is 91.0 Å². The van der Waals surface area contributed by atoms with Gasteiger partial charge in [-0.05, 0) is 23.6 Å². The molecule has 26 heavy (non-hydrogen) atoms. The van der Waals surface area contributed by atoms with E-state index in [9.17, 15) is 4.79 Å². The van der Waals surface area contributed by atoms with Crippen molar-refractivity contribution in [3.63, 3.8) is 0 Å². The van der Waals surface area contributed by atoms with Crippen molar-refractivity contribution in [2.24, 2.45) is 5.92 Å². The van der Waals surface area contributed by atoms with Crippen molar-refractivity contribution in [1.82, 2.24) is 5.32 Å². The number of rotatable bonds is 5. The van der Waals surface area contributed by atoms with Gasteiger partial charge in [-0.1, -0.05) is 91.0 Å². The maximum atomic E-state index is 13.0. The smallest absolute Gasteiger partial charge is 0.224 e. The van der Waals surface area contributed by atoms with Crippen LogP contribution >= 0.6 is 0 Å². The molecule has 1 saturated carbocycles. The van der Waals surface area contributed by atoms with Crippen LogP contribution in [0.2, 0.25) is 0 Å². The Bertz CT molecular complexity index is 815. The Morgan fingerprint density at radius 3 is 1.62 bits per heavy atom. The number of hydrogen-bond donors (Lipinski definition) is 1. The van der Waals surface area contributed by atoms with E-state index in [0.717, 1.165) is 5.56 Å². The second kappa shape index (κ2) is 7.17. The first-order valence-electron chi connectivity index (χ1n) is 9.21. The molecule has 3 aromatic carbocycles. The predicted molar refractivity (Wildman–Crippen MR) is 105 cm³/mol. The van der Waals surface area contributed by atoms with Crippen molar-refractivity contribution in [1.29, 1.82) is 0 Å². The fourth-order valence-electron chi connectivity index (χ4n) is 3.95. The fourth-order valence-corrected chi connectivity index (χ4v) is 3.95. The lowest BCUT2D eigenvalue weighted by Crippen LogP contribution is -2.28. The number of benzene rings is 3. The normalized spacial score (nSPS) is 22.4. The highest BCUT2D eigenvalue weighted by atomic mass is 16.2. The predicted octanol–water partition coefficient (Wildman–Crippen LogP) is 5.06. The average Bonchev–Trinajstić information content (AvgIpc) is 3.46. The van der Waals surface area contributed by atoms with Crippen LogP contribution in [0.1, 0.15) is 41.5 Å². The zero-order chi connectivity index (χ0) is 17.9. The van der Waals surface area contributed by atoms with Crippen molar-refractivity contribution in [2.45, 2.75) is 24.8 Å². The molecule has 1 aliphatic rings. The molecule has 0 spiro atoms. The van der Waals surface area contributed by atoms with Crippen molar-refractivity contribution >= 4 is 5.91 Å². The Morgan fingerprint density at radius 2 is 1.15 bits per heavy atom. The maximum Gasteiger partial charge on any atom is 0.224 e. The van der Waals surface area contributed by atoms with E-state index < -0.39 is 0 Å². The van der Waals surface area contributed by atoms with E-state index in [-0.39, 0.29) is 29.7 Å². The summed E-state index contributed by atoms with van der Waals surface area (Å²) in [6.45, 7) is 2.05. The molecule has 0 heterocycles. The molecule has 2 heteroatoms. The van der Waals surface area contributed by atoms with Crippen molar-refractivity contribution in [3.05, 3.63) is 108 Å². The molecule has 0 saturated heterocycles. The van der Waals surface area contributed by atoms with Gasteiger partial charge in [0.15, 0.2) is 0 Å². The molecule has 2 nitrogen and oxygen atoms in total. The summed E-state index contributed by atoms with van der Waals surface area (Å²) in [5.41, 5.74) is 3.62. The summed E-state index contributed by atoms with van der Waals surface area (Å²) in [7, 11) is 0. The fraction of sp³-hybridized carbons (Fsp3) is 0.208. The Morgan fingerprint density at radius 1 is 0.731 bits per heavy atom. The SMILES string of the molecule is C[C@@H](NC(=O)C1[C@@H](c2ccccc2)[C@@H]1c1ccccc1)c1ccccc1. The maximum absolute atomic E-state index is 13.0. The van der Waals surface area contributed by atoms with Crippen LogP contribution in [0.5, 0.6) is 0 Å². The molecule has 1 aliphatic carbocycles. The summed E-state index contributed by atoms with van der Waals surface area (Å²) in [4.78, 5) is 13.0. The van der Waals surface area contributed by atoms with Gasteiger partial charge in [-0.15, -0.1) is 0 Å². The number of carbonyl (C=O) groups excluding carboxylic acids is 1.